The number of ketones is 2. The van der Waals surface area contributed by atoms with Gasteiger partial charge in [-0.05, 0) is 12.0 Å². The molecule has 22 heavy (non-hydrogen) atoms. The van der Waals surface area contributed by atoms with Crippen molar-refractivity contribution in [3.8, 4) is 0 Å². The molecule has 1 heterocycles. The van der Waals surface area contributed by atoms with E-state index in [4.69, 9.17) is 0 Å². The van der Waals surface area contributed by atoms with Gasteiger partial charge in [0, 0.05) is 18.4 Å². The first-order valence-corrected chi connectivity index (χ1v) is 7.56. The number of hydrogen-bond acceptors (Lipinski definition) is 4. The number of imide groups is 1. The minimum absolute atomic E-state index is 0.171. The number of piperidine rings is 1. The van der Waals surface area contributed by atoms with Gasteiger partial charge in [-0.1, -0.05) is 38.1 Å². The standard InChI is InChI=1S/C15H13NO4.C2H6/c17-11-7-8-3-1-2-4-9(8)14(19)13(11)10-5-6-12(18)16-15(10)20;1-2/h1-4,10,13H,5-7H2,(H,16,18,20);1-2H3. The molecule has 1 aliphatic heterocycles. The molecule has 1 aromatic rings. The second kappa shape index (κ2) is 6.64. The van der Waals surface area contributed by atoms with Crippen LogP contribution in [0.1, 0.15) is 42.6 Å². The smallest absolute Gasteiger partial charge is 0.230 e. The zero-order valence-corrected chi connectivity index (χ0v) is 12.7. The van der Waals surface area contributed by atoms with Crippen molar-refractivity contribution in [1.29, 1.82) is 0 Å². The molecule has 1 saturated heterocycles. The number of amides is 2. The van der Waals surface area contributed by atoms with Gasteiger partial charge in [0.2, 0.25) is 11.8 Å². The zero-order chi connectivity index (χ0) is 16.3. The number of fused-ring (bicyclic) bond motifs is 1. The highest BCUT2D eigenvalue weighted by Gasteiger charge is 2.44. The van der Waals surface area contributed by atoms with E-state index in [0.717, 1.165) is 0 Å². The fourth-order valence-electron chi connectivity index (χ4n) is 2.96. The minimum Gasteiger partial charge on any atom is -0.298 e. The number of carbonyl (C=O) groups is 4. The quantitative estimate of drug-likeness (QED) is 0.632. The number of Topliss-reactive ketones (excluding diaryl/α,β-unsaturated/α-hetero) is 2. The Morgan fingerprint density at radius 3 is 2.41 bits per heavy atom. The molecular weight excluding hydrogens is 282 g/mol. The van der Waals surface area contributed by atoms with Crippen LogP contribution in [-0.4, -0.2) is 23.4 Å². The Morgan fingerprint density at radius 1 is 1.05 bits per heavy atom. The monoisotopic (exact) mass is 301 g/mol. The Bertz CT molecular complexity index is 635. The SMILES string of the molecule is CC.O=C1CCC(C2C(=O)Cc3ccccc3C2=O)C(=O)N1. The summed E-state index contributed by atoms with van der Waals surface area (Å²) >= 11 is 0. The van der Waals surface area contributed by atoms with Gasteiger partial charge in [-0.3, -0.25) is 24.5 Å². The highest BCUT2D eigenvalue weighted by atomic mass is 16.2. The molecule has 1 fully saturated rings. The second-order valence-electron chi connectivity index (χ2n) is 5.20. The van der Waals surface area contributed by atoms with Crippen molar-refractivity contribution in [3.63, 3.8) is 0 Å². The second-order valence-corrected chi connectivity index (χ2v) is 5.20. The van der Waals surface area contributed by atoms with Gasteiger partial charge >= 0.3 is 0 Å². The zero-order valence-electron chi connectivity index (χ0n) is 12.7. The van der Waals surface area contributed by atoms with Crippen molar-refractivity contribution >= 4 is 23.4 Å². The summed E-state index contributed by atoms with van der Waals surface area (Å²) in [6.07, 6.45) is 0.606. The lowest BCUT2D eigenvalue weighted by Crippen LogP contribution is -2.49. The number of hydrogen-bond donors (Lipinski definition) is 1. The van der Waals surface area contributed by atoms with Crippen LogP contribution < -0.4 is 5.32 Å². The molecule has 0 saturated carbocycles. The molecule has 0 radical (unpaired) electrons. The van der Waals surface area contributed by atoms with Crippen molar-refractivity contribution in [2.75, 3.05) is 0 Å². The van der Waals surface area contributed by atoms with Gasteiger partial charge < -0.3 is 0 Å². The highest BCUT2D eigenvalue weighted by Crippen LogP contribution is 2.31. The third kappa shape index (κ3) is 2.84. The molecule has 2 aliphatic rings. The Labute approximate surface area is 129 Å². The van der Waals surface area contributed by atoms with Crippen molar-refractivity contribution in [2.45, 2.75) is 33.1 Å². The van der Waals surface area contributed by atoms with Crippen molar-refractivity contribution in [2.24, 2.45) is 11.8 Å². The van der Waals surface area contributed by atoms with Crippen molar-refractivity contribution < 1.29 is 19.2 Å². The van der Waals surface area contributed by atoms with E-state index in [1.807, 2.05) is 13.8 Å². The van der Waals surface area contributed by atoms with E-state index in [1.165, 1.54) is 0 Å². The lowest BCUT2D eigenvalue weighted by atomic mass is 9.72. The first kappa shape index (κ1) is 16.1. The molecular formula is C17H19NO4. The highest BCUT2D eigenvalue weighted by molar-refractivity contribution is 6.18. The number of nitrogens with one attached hydrogen (secondary N) is 1. The van der Waals surface area contributed by atoms with E-state index in [1.54, 1.807) is 24.3 Å². The predicted molar refractivity (Wildman–Crippen MR) is 80.2 cm³/mol. The molecule has 0 bridgehead atoms. The third-order valence-corrected chi connectivity index (χ3v) is 3.96. The Kier molecular flexibility index (Phi) is 4.85. The molecule has 1 N–H and O–H groups in total. The average molecular weight is 301 g/mol. The van der Waals surface area contributed by atoms with E-state index in [-0.39, 0.29) is 36.7 Å². The van der Waals surface area contributed by atoms with E-state index in [0.29, 0.717) is 11.1 Å². The molecule has 1 aromatic carbocycles. The van der Waals surface area contributed by atoms with E-state index in [9.17, 15) is 19.2 Å². The summed E-state index contributed by atoms with van der Waals surface area (Å²) in [5.41, 5.74) is 1.23. The Balaban J connectivity index is 0.000000847. The van der Waals surface area contributed by atoms with Crippen LogP contribution >= 0.6 is 0 Å². The van der Waals surface area contributed by atoms with Gasteiger partial charge in [0.05, 0.1) is 11.8 Å². The molecule has 5 heteroatoms. The topological polar surface area (TPSA) is 80.3 Å². The molecule has 2 atom stereocenters. The molecule has 2 amide bonds. The maximum Gasteiger partial charge on any atom is 0.230 e. The lowest BCUT2D eigenvalue weighted by Gasteiger charge is -2.30. The van der Waals surface area contributed by atoms with E-state index >= 15 is 0 Å². The van der Waals surface area contributed by atoms with Crippen LogP contribution in [0.3, 0.4) is 0 Å². The van der Waals surface area contributed by atoms with Gasteiger partial charge in [-0.2, -0.15) is 0 Å². The predicted octanol–water partition coefficient (Wildman–Crippen LogP) is 1.69. The van der Waals surface area contributed by atoms with E-state index < -0.39 is 17.7 Å². The average Bonchev–Trinajstić information content (AvgIpc) is 2.51. The van der Waals surface area contributed by atoms with Gasteiger partial charge in [-0.25, -0.2) is 0 Å². The van der Waals surface area contributed by atoms with E-state index in [2.05, 4.69) is 5.32 Å². The molecule has 3 rings (SSSR count). The van der Waals surface area contributed by atoms with Crippen LogP contribution in [0.4, 0.5) is 0 Å². The van der Waals surface area contributed by atoms with Crippen LogP contribution in [0, 0.1) is 11.8 Å². The Morgan fingerprint density at radius 2 is 1.73 bits per heavy atom. The van der Waals surface area contributed by atoms with Gasteiger partial charge in [-0.15, -0.1) is 0 Å². The fourth-order valence-corrected chi connectivity index (χ4v) is 2.96. The molecule has 1 aliphatic carbocycles. The first-order valence-electron chi connectivity index (χ1n) is 7.56. The summed E-state index contributed by atoms with van der Waals surface area (Å²) in [7, 11) is 0. The summed E-state index contributed by atoms with van der Waals surface area (Å²) in [6.45, 7) is 4.00. The van der Waals surface area contributed by atoms with Gasteiger partial charge in [0.1, 0.15) is 5.78 Å². The maximum atomic E-state index is 12.5. The van der Waals surface area contributed by atoms with Crippen LogP contribution in [0.2, 0.25) is 0 Å². The van der Waals surface area contributed by atoms with Crippen molar-refractivity contribution in [1.82, 2.24) is 5.32 Å². The largest absolute Gasteiger partial charge is 0.298 e. The van der Waals surface area contributed by atoms with Crippen LogP contribution in [0.25, 0.3) is 0 Å². The minimum atomic E-state index is -0.946. The lowest BCUT2D eigenvalue weighted by molar-refractivity contribution is -0.140. The van der Waals surface area contributed by atoms with Crippen molar-refractivity contribution in [3.05, 3.63) is 35.4 Å². The maximum absolute atomic E-state index is 12.5. The fraction of sp³-hybridized carbons (Fsp3) is 0.412. The number of rotatable bonds is 1. The Hall–Kier alpha value is -2.30. The number of carbonyl (C=O) groups excluding carboxylic acids is 4. The first-order chi connectivity index (χ1) is 10.6. The summed E-state index contributed by atoms with van der Waals surface area (Å²) < 4.78 is 0. The normalized spacial score (nSPS) is 24.1. The summed E-state index contributed by atoms with van der Waals surface area (Å²) in [5.74, 6) is -3.05. The third-order valence-electron chi connectivity index (χ3n) is 3.96. The van der Waals surface area contributed by atoms with Gasteiger partial charge in [0.15, 0.2) is 5.78 Å². The molecule has 116 valence electrons. The van der Waals surface area contributed by atoms with Gasteiger partial charge in [0.25, 0.3) is 0 Å². The molecule has 0 spiro atoms. The van der Waals surface area contributed by atoms with Crippen LogP contribution in [0.15, 0.2) is 24.3 Å². The summed E-state index contributed by atoms with van der Waals surface area (Å²) in [5, 5.41) is 2.21. The summed E-state index contributed by atoms with van der Waals surface area (Å²) in [6, 6.07) is 6.97. The molecule has 0 aromatic heterocycles. The number of benzene rings is 1. The van der Waals surface area contributed by atoms with Crippen LogP contribution in [-0.2, 0) is 20.8 Å². The summed E-state index contributed by atoms with van der Waals surface area (Å²) in [4.78, 5) is 47.7. The van der Waals surface area contributed by atoms with Crippen LogP contribution in [0.5, 0.6) is 0 Å². The molecule has 5 nitrogen and oxygen atoms in total. The molecule has 2 unspecified atom stereocenters.